The Hall–Kier alpha value is -1.42. The van der Waals surface area contributed by atoms with Gasteiger partial charge in [0, 0.05) is 25.6 Å². The van der Waals surface area contributed by atoms with E-state index in [0.717, 1.165) is 43.2 Å². The summed E-state index contributed by atoms with van der Waals surface area (Å²) in [7, 11) is 3.34. The fraction of sp³-hybridized carbons (Fsp3) is 0.600. The molecule has 2 atom stereocenters. The van der Waals surface area contributed by atoms with Crippen molar-refractivity contribution < 1.29 is 14.2 Å². The third-order valence-corrected chi connectivity index (χ3v) is 4.20. The fourth-order valence-corrected chi connectivity index (χ4v) is 3.18. The number of hydrogen-bond donors (Lipinski definition) is 0. The van der Waals surface area contributed by atoms with Crippen molar-refractivity contribution in [1.82, 2.24) is 4.90 Å². The molecule has 2 heterocycles. The van der Waals surface area contributed by atoms with Crippen LogP contribution in [0.15, 0.2) is 18.2 Å². The Morgan fingerprint density at radius 1 is 1.05 bits per heavy atom. The molecule has 0 amide bonds. The van der Waals surface area contributed by atoms with Crippen LogP contribution >= 0.6 is 0 Å². The van der Waals surface area contributed by atoms with Gasteiger partial charge < -0.3 is 14.2 Å². The number of nitrogens with zero attached hydrogens (tertiary/aromatic N) is 1. The molecule has 0 spiro atoms. The number of ether oxygens (including phenoxy) is 3. The number of piperidine rings is 1. The van der Waals surface area contributed by atoms with Crippen molar-refractivity contribution in [2.24, 2.45) is 0 Å². The maximum absolute atomic E-state index is 6.35. The average molecular weight is 263 g/mol. The van der Waals surface area contributed by atoms with Crippen molar-refractivity contribution >= 4 is 0 Å². The van der Waals surface area contributed by atoms with Crippen LogP contribution in [0.2, 0.25) is 0 Å². The maximum atomic E-state index is 6.35. The minimum absolute atomic E-state index is 0.0299. The van der Waals surface area contributed by atoms with Gasteiger partial charge in [-0.15, -0.1) is 0 Å². The van der Waals surface area contributed by atoms with Gasteiger partial charge in [0.25, 0.3) is 0 Å². The highest BCUT2D eigenvalue weighted by Gasteiger charge is 2.43. The van der Waals surface area contributed by atoms with Crippen molar-refractivity contribution in [1.29, 1.82) is 0 Å². The first-order chi connectivity index (χ1) is 9.24. The van der Waals surface area contributed by atoms with Gasteiger partial charge in [-0.1, -0.05) is 0 Å². The predicted molar refractivity (Wildman–Crippen MR) is 73.2 cm³/mol. The quantitative estimate of drug-likeness (QED) is 0.834. The Morgan fingerprint density at radius 3 is 2.74 bits per heavy atom. The molecule has 19 heavy (non-hydrogen) atoms. The lowest BCUT2D eigenvalue weighted by atomic mass is 9.94. The molecule has 0 aromatic heterocycles. The van der Waals surface area contributed by atoms with Crippen molar-refractivity contribution in [2.75, 3.05) is 33.9 Å². The van der Waals surface area contributed by atoms with E-state index in [9.17, 15) is 0 Å². The Bertz CT molecular complexity index is 459. The summed E-state index contributed by atoms with van der Waals surface area (Å²) in [6.07, 6.45) is 3.45. The highest BCUT2D eigenvalue weighted by atomic mass is 16.5. The van der Waals surface area contributed by atoms with Gasteiger partial charge in [0.15, 0.2) is 11.5 Å². The van der Waals surface area contributed by atoms with E-state index in [2.05, 4.69) is 4.90 Å². The predicted octanol–water partition coefficient (Wildman–Crippen LogP) is 2.32. The minimum Gasteiger partial charge on any atom is -0.497 e. The van der Waals surface area contributed by atoms with Crippen LogP contribution in [-0.4, -0.2) is 44.4 Å². The van der Waals surface area contributed by atoms with Crippen molar-refractivity contribution in [2.45, 2.75) is 24.9 Å². The van der Waals surface area contributed by atoms with E-state index in [1.807, 2.05) is 18.2 Å². The molecule has 2 saturated heterocycles. The van der Waals surface area contributed by atoms with Gasteiger partial charge in [-0.05, 0) is 31.5 Å². The minimum atomic E-state index is -0.0299. The first kappa shape index (κ1) is 12.6. The summed E-state index contributed by atoms with van der Waals surface area (Å²) in [6, 6.07) is 5.72. The molecule has 2 bridgehead atoms. The van der Waals surface area contributed by atoms with Crippen LogP contribution in [0, 0.1) is 0 Å². The van der Waals surface area contributed by atoms with Crippen LogP contribution in [0.3, 0.4) is 0 Å². The van der Waals surface area contributed by atoms with Gasteiger partial charge in [-0.25, -0.2) is 0 Å². The lowest BCUT2D eigenvalue weighted by molar-refractivity contribution is 0.0426. The van der Waals surface area contributed by atoms with Gasteiger partial charge in [0.05, 0.1) is 14.2 Å². The van der Waals surface area contributed by atoms with Crippen LogP contribution in [0.4, 0.5) is 0 Å². The van der Waals surface area contributed by atoms with Gasteiger partial charge >= 0.3 is 0 Å². The molecule has 3 rings (SSSR count). The zero-order valence-corrected chi connectivity index (χ0v) is 11.6. The molecule has 0 saturated carbocycles. The average Bonchev–Trinajstić information content (AvgIpc) is 2.73. The normalized spacial score (nSPS) is 29.1. The topological polar surface area (TPSA) is 30.9 Å². The summed E-state index contributed by atoms with van der Waals surface area (Å²) in [5.74, 6) is 2.38. The summed E-state index contributed by atoms with van der Waals surface area (Å²) in [5.41, 5.74) is -0.0299. The first-order valence-electron chi connectivity index (χ1n) is 6.88. The summed E-state index contributed by atoms with van der Waals surface area (Å²) >= 11 is 0. The Balaban J connectivity index is 1.85. The van der Waals surface area contributed by atoms with E-state index in [1.165, 1.54) is 13.0 Å². The zero-order chi connectivity index (χ0) is 13.3. The standard InChI is InChI=1S/C15H21NO3/c1-17-12-4-5-13(18-2)14(10-12)19-15-6-3-8-16(11-15)9-7-15/h4-5,10H,3,6-9,11H2,1-2H3/t15-/m0/s1. The maximum Gasteiger partial charge on any atom is 0.165 e. The smallest absolute Gasteiger partial charge is 0.165 e. The highest BCUT2D eigenvalue weighted by Crippen LogP contribution is 2.40. The lowest BCUT2D eigenvalue weighted by Crippen LogP contribution is -2.43. The number of methoxy groups -OCH3 is 2. The summed E-state index contributed by atoms with van der Waals surface area (Å²) in [6.45, 7) is 3.39. The first-order valence-corrected chi connectivity index (χ1v) is 6.88. The van der Waals surface area contributed by atoms with E-state index in [1.54, 1.807) is 14.2 Å². The fourth-order valence-electron chi connectivity index (χ4n) is 3.18. The summed E-state index contributed by atoms with van der Waals surface area (Å²) < 4.78 is 17.0. The summed E-state index contributed by atoms with van der Waals surface area (Å²) in [5, 5.41) is 0. The molecule has 2 aliphatic heterocycles. The number of rotatable bonds is 4. The Morgan fingerprint density at radius 2 is 1.95 bits per heavy atom. The van der Waals surface area contributed by atoms with E-state index in [4.69, 9.17) is 14.2 Å². The van der Waals surface area contributed by atoms with Crippen molar-refractivity contribution in [3.8, 4) is 17.2 Å². The van der Waals surface area contributed by atoms with Crippen LogP contribution in [-0.2, 0) is 0 Å². The Labute approximate surface area is 114 Å². The van der Waals surface area contributed by atoms with E-state index < -0.39 is 0 Å². The molecule has 2 aliphatic rings. The third kappa shape index (κ3) is 2.37. The molecule has 4 heteroatoms. The molecule has 0 aliphatic carbocycles. The van der Waals surface area contributed by atoms with Crippen LogP contribution < -0.4 is 14.2 Å². The van der Waals surface area contributed by atoms with E-state index in [-0.39, 0.29) is 5.60 Å². The molecular weight excluding hydrogens is 242 g/mol. The molecule has 104 valence electrons. The molecule has 2 fully saturated rings. The van der Waals surface area contributed by atoms with Crippen LogP contribution in [0.1, 0.15) is 19.3 Å². The molecule has 1 unspecified atom stereocenters. The largest absolute Gasteiger partial charge is 0.497 e. The zero-order valence-electron chi connectivity index (χ0n) is 11.6. The lowest BCUT2D eigenvalue weighted by Gasteiger charge is -2.34. The summed E-state index contributed by atoms with van der Waals surface area (Å²) in [4.78, 5) is 2.48. The van der Waals surface area contributed by atoms with Crippen LogP contribution in [0.5, 0.6) is 17.2 Å². The number of hydrogen-bond acceptors (Lipinski definition) is 4. The monoisotopic (exact) mass is 263 g/mol. The SMILES string of the molecule is COc1ccc(OC)c(O[C@@]23CCCN(CC2)C3)c1. The molecule has 1 aromatic carbocycles. The second-order valence-electron chi connectivity index (χ2n) is 5.43. The Kier molecular flexibility index (Phi) is 3.27. The van der Waals surface area contributed by atoms with Crippen molar-refractivity contribution in [3.05, 3.63) is 18.2 Å². The molecule has 4 nitrogen and oxygen atoms in total. The number of fused-ring (bicyclic) bond motifs is 2. The molecule has 0 N–H and O–H groups in total. The molecular formula is C15H21NO3. The van der Waals surface area contributed by atoms with Crippen molar-refractivity contribution in [3.63, 3.8) is 0 Å². The van der Waals surface area contributed by atoms with Gasteiger partial charge in [-0.3, -0.25) is 4.90 Å². The highest BCUT2D eigenvalue weighted by molar-refractivity contribution is 5.46. The molecule has 0 radical (unpaired) electrons. The van der Waals surface area contributed by atoms with Crippen LogP contribution in [0.25, 0.3) is 0 Å². The van der Waals surface area contributed by atoms with E-state index in [0.29, 0.717) is 0 Å². The third-order valence-electron chi connectivity index (χ3n) is 4.20. The van der Waals surface area contributed by atoms with Gasteiger partial charge in [0.2, 0.25) is 0 Å². The molecule has 1 aromatic rings. The van der Waals surface area contributed by atoms with E-state index >= 15 is 0 Å². The number of benzene rings is 1. The second-order valence-corrected chi connectivity index (χ2v) is 5.43. The second kappa shape index (κ2) is 4.93. The van der Waals surface area contributed by atoms with Gasteiger partial charge in [0.1, 0.15) is 11.4 Å². The van der Waals surface area contributed by atoms with Gasteiger partial charge in [-0.2, -0.15) is 0 Å².